The molecule has 1 amide bonds. The van der Waals surface area contributed by atoms with Gasteiger partial charge < -0.3 is 20.7 Å². The number of pyridine rings is 1. The zero-order valence-electron chi connectivity index (χ0n) is 19.1. The minimum Gasteiger partial charge on any atom is -0.424 e. The Kier molecular flexibility index (Phi) is 6.87. The number of anilines is 2. The molecule has 3 N–H and O–H groups in total. The first kappa shape index (κ1) is 22.9. The smallest absolute Gasteiger partial charge is 0.328 e. The first-order chi connectivity index (χ1) is 15.1. The highest BCUT2D eigenvalue weighted by molar-refractivity contribution is 5.93. The fourth-order valence-corrected chi connectivity index (χ4v) is 3.06. The van der Waals surface area contributed by atoms with Gasteiger partial charge >= 0.3 is 6.01 Å². The summed E-state index contributed by atoms with van der Waals surface area (Å²) < 4.78 is 5.96. The summed E-state index contributed by atoms with van der Waals surface area (Å²) in [6.07, 6.45) is 1.73. The van der Waals surface area contributed by atoms with Crippen LogP contribution in [0.1, 0.15) is 42.4 Å². The molecule has 0 unspecified atom stereocenters. The van der Waals surface area contributed by atoms with Crippen LogP contribution in [-0.4, -0.2) is 39.4 Å². The van der Waals surface area contributed by atoms with Crippen LogP contribution in [0.15, 0.2) is 42.6 Å². The van der Waals surface area contributed by atoms with Gasteiger partial charge in [-0.3, -0.25) is 9.78 Å². The molecule has 168 valence electrons. The molecule has 0 saturated heterocycles. The number of carbonyl (C=O) groups is 1. The standard InChI is InChI=1S/C23H29N7O2/c1-15-9-10-16(19(24)31)12-18(15)32-22-28-20(26-13-17-8-6-7-11-25-17)27-21(29-22)30(5)14-23(2,3)4/h6-12H,13-14H2,1-5H3,(H2,24,31)(H,26,27,28,29). The fourth-order valence-electron chi connectivity index (χ4n) is 3.06. The summed E-state index contributed by atoms with van der Waals surface area (Å²) in [4.78, 5) is 31.3. The van der Waals surface area contributed by atoms with E-state index in [9.17, 15) is 4.79 Å². The van der Waals surface area contributed by atoms with Gasteiger partial charge in [-0.15, -0.1) is 0 Å². The second kappa shape index (κ2) is 9.59. The Labute approximate surface area is 188 Å². The number of nitrogens with two attached hydrogens (primary N) is 1. The van der Waals surface area contributed by atoms with Crippen LogP contribution >= 0.6 is 0 Å². The number of carbonyl (C=O) groups excluding carboxylic acids is 1. The Balaban J connectivity index is 1.92. The molecule has 1 aromatic carbocycles. The molecule has 9 heteroatoms. The van der Waals surface area contributed by atoms with Crippen molar-refractivity contribution >= 4 is 17.8 Å². The van der Waals surface area contributed by atoms with E-state index in [0.717, 1.165) is 17.8 Å². The van der Waals surface area contributed by atoms with Crippen LogP contribution in [0.5, 0.6) is 11.8 Å². The largest absolute Gasteiger partial charge is 0.424 e. The van der Waals surface area contributed by atoms with Gasteiger partial charge in [0, 0.05) is 25.4 Å². The molecule has 0 aliphatic rings. The lowest BCUT2D eigenvalue weighted by Crippen LogP contribution is -2.30. The lowest BCUT2D eigenvalue weighted by atomic mass is 9.96. The lowest BCUT2D eigenvalue weighted by molar-refractivity contribution is 0.1000. The summed E-state index contributed by atoms with van der Waals surface area (Å²) in [5.74, 6) is 0.749. The molecule has 9 nitrogen and oxygen atoms in total. The highest BCUT2D eigenvalue weighted by Gasteiger charge is 2.19. The van der Waals surface area contributed by atoms with Gasteiger partial charge in [0.05, 0.1) is 12.2 Å². The Morgan fingerprint density at radius 1 is 1.16 bits per heavy atom. The molecule has 0 saturated carbocycles. The van der Waals surface area contributed by atoms with Crippen LogP contribution in [0.3, 0.4) is 0 Å². The van der Waals surface area contributed by atoms with Crippen LogP contribution in [0.4, 0.5) is 11.9 Å². The molecule has 2 aromatic heterocycles. The SMILES string of the molecule is Cc1ccc(C(N)=O)cc1Oc1nc(NCc2ccccn2)nc(N(C)CC(C)(C)C)n1. The summed E-state index contributed by atoms with van der Waals surface area (Å²) in [5, 5.41) is 3.18. The van der Waals surface area contributed by atoms with Crippen LogP contribution in [0, 0.1) is 12.3 Å². The van der Waals surface area contributed by atoms with Crippen LogP contribution in [-0.2, 0) is 6.54 Å². The maximum absolute atomic E-state index is 11.6. The minimum atomic E-state index is -0.534. The molecule has 0 aliphatic carbocycles. The maximum atomic E-state index is 11.6. The molecule has 0 aliphatic heterocycles. The fraction of sp³-hybridized carbons (Fsp3) is 0.348. The highest BCUT2D eigenvalue weighted by Crippen LogP contribution is 2.26. The third-order valence-corrected chi connectivity index (χ3v) is 4.48. The molecular weight excluding hydrogens is 406 g/mol. The Morgan fingerprint density at radius 2 is 1.94 bits per heavy atom. The third kappa shape index (κ3) is 6.37. The van der Waals surface area contributed by atoms with Gasteiger partial charge in [0.2, 0.25) is 17.8 Å². The average Bonchev–Trinajstić information content (AvgIpc) is 2.73. The van der Waals surface area contributed by atoms with Crippen molar-refractivity contribution in [2.24, 2.45) is 11.1 Å². The van der Waals surface area contributed by atoms with Crippen molar-refractivity contribution in [1.29, 1.82) is 0 Å². The third-order valence-electron chi connectivity index (χ3n) is 4.48. The van der Waals surface area contributed by atoms with Crippen molar-refractivity contribution < 1.29 is 9.53 Å². The van der Waals surface area contributed by atoms with Gasteiger partial charge in [0.15, 0.2) is 0 Å². The van der Waals surface area contributed by atoms with Crippen molar-refractivity contribution in [3.63, 3.8) is 0 Å². The van der Waals surface area contributed by atoms with Gasteiger partial charge in [0.1, 0.15) is 5.75 Å². The first-order valence-electron chi connectivity index (χ1n) is 10.3. The average molecular weight is 436 g/mol. The van der Waals surface area contributed by atoms with Crippen LogP contribution in [0.25, 0.3) is 0 Å². The van der Waals surface area contributed by atoms with Crippen molar-refractivity contribution in [2.45, 2.75) is 34.2 Å². The lowest BCUT2D eigenvalue weighted by Gasteiger charge is -2.26. The number of primary amides is 1. The normalized spacial score (nSPS) is 11.2. The zero-order valence-corrected chi connectivity index (χ0v) is 19.1. The predicted octanol–water partition coefficient (Wildman–Crippen LogP) is 3.56. The second-order valence-electron chi connectivity index (χ2n) is 8.78. The number of aromatic nitrogens is 4. The van der Waals surface area contributed by atoms with E-state index in [4.69, 9.17) is 10.5 Å². The van der Waals surface area contributed by atoms with Gasteiger partial charge in [-0.1, -0.05) is 32.9 Å². The molecule has 0 radical (unpaired) electrons. The van der Waals surface area contributed by atoms with E-state index in [0.29, 0.717) is 29.8 Å². The summed E-state index contributed by atoms with van der Waals surface area (Å²) in [5.41, 5.74) is 7.47. The van der Waals surface area contributed by atoms with E-state index in [-0.39, 0.29) is 11.4 Å². The molecule has 32 heavy (non-hydrogen) atoms. The quantitative estimate of drug-likeness (QED) is 0.551. The number of amides is 1. The van der Waals surface area contributed by atoms with Gasteiger partial charge in [0.25, 0.3) is 0 Å². The van der Waals surface area contributed by atoms with Crippen molar-refractivity contribution in [3.8, 4) is 11.8 Å². The van der Waals surface area contributed by atoms with Crippen molar-refractivity contribution in [3.05, 3.63) is 59.4 Å². The van der Waals surface area contributed by atoms with Gasteiger partial charge in [-0.2, -0.15) is 15.0 Å². The Hall–Kier alpha value is -3.75. The molecule has 0 atom stereocenters. The van der Waals surface area contributed by atoms with E-state index in [1.54, 1.807) is 24.4 Å². The highest BCUT2D eigenvalue weighted by atomic mass is 16.5. The minimum absolute atomic E-state index is 0.0381. The molecule has 0 spiro atoms. The number of hydrogen-bond donors (Lipinski definition) is 2. The molecular formula is C23H29N7O2. The van der Waals surface area contributed by atoms with Gasteiger partial charge in [-0.25, -0.2) is 0 Å². The number of nitrogens with one attached hydrogen (secondary N) is 1. The van der Waals surface area contributed by atoms with E-state index < -0.39 is 5.91 Å². The Morgan fingerprint density at radius 3 is 2.59 bits per heavy atom. The molecule has 0 bridgehead atoms. The van der Waals surface area contributed by atoms with Crippen molar-refractivity contribution in [1.82, 2.24) is 19.9 Å². The number of aryl methyl sites for hydroxylation is 1. The molecule has 2 heterocycles. The molecule has 3 aromatic rings. The number of rotatable bonds is 8. The molecule has 3 rings (SSSR count). The summed E-state index contributed by atoms with van der Waals surface area (Å²) in [7, 11) is 1.92. The maximum Gasteiger partial charge on any atom is 0.328 e. The van der Waals surface area contributed by atoms with E-state index in [1.165, 1.54) is 0 Å². The number of benzene rings is 1. The molecule has 0 fully saturated rings. The topological polar surface area (TPSA) is 119 Å². The second-order valence-corrected chi connectivity index (χ2v) is 8.78. The number of nitrogens with zero attached hydrogens (tertiary/aromatic N) is 5. The summed E-state index contributed by atoms with van der Waals surface area (Å²) in [6.45, 7) is 9.46. The van der Waals surface area contributed by atoms with E-state index in [1.807, 2.05) is 37.1 Å². The van der Waals surface area contributed by atoms with Crippen molar-refractivity contribution in [2.75, 3.05) is 23.8 Å². The van der Waals surface area contributed by atoms with E-state index in [2.05, 4.69) is 46.0 Å². The predicted molar refractivity (Wildman–Crippen MR) is 124 cm³/mol. The first-order valence-corrected chi connectivity index (χ1v) is 10.3. The van der Waals surface area contributed by atoms with Gasteiger partial charge in [-0.05, 0) is 42.2 Å². The zero-order chi connectivity index (χ0) is 23.3. The van der Waals surface area contributed by atoms with Crippen LogP contribution < -0.4 is 20.7 Å². The monoisotopic (exact) mass is 435 g/mol. The summed E-state index contributed by atoms with van der Waals surface area (Å²) >= 11 is 0. The van der Waals surface area contributed by atoms with E-state index >= 15 is 0 Å². The summed E-state index contributed by atoms with van der Waals surface area (Å²) in [6, 6.07) is 10.8. The Bertz CT molecular complexity index is 1080. The number of ether oxygens (including phenoxy) is 1. The number of hydrogen-bond acceptors (Lipinski definition) is 8. The van der Waals surface area contributed by atoms with Crippen LogP contribution in [0.2, 0.25) is 0 Å².